The molecule has 1 N–H and O–H groups in total. The van der Waals surface area contributed by atoms with Crippen LogP contribution < -0.4 is 10.2 Å². The Balaban J connectivity index is 1.62. The molecule has 1 aromatic heterocycles. The predicted octanol–water partition coefficient (Wildman–Crippen LogP) is 2.62. The van der Waals surface area contributed by atoms with Gasteiger partial charge in [0.1, 0.15) is 5.82 Å². The number of nitrogens with zero attached hydrogens (tertiary/aromatic N) is 3. The zero-order chi connectivity index (χ0) is 19.8. The van der Waals surface area contributed by atoms with Gasteiger partial charge in [0.05, 0.1) is 12.6 Å². The smallest absolute Gasteiger partial charge is 0.222 e. The van der Waals surface area contributed by atoms with Crippen molar-refractivity contribution in [1.82, 2.24) is 15.2 Å². The number of carbonyl (C=O) groups is 1. The number of amides is 1. The number of hydrogen-bond donors (Lipinski definition) is 1. The van der Waals surface area contributed by atoms with Gasteiger partial charge in [0.25, 0.3) is 0 Å². The number of rotatable bonds is 10. The lowest BCUT2D eigenvalue weighted by Gasteiger charge is -2.25. The summed E-state index contributed by atoms with van der Waals surface area (Å²) in [5.74, 6) is 1.19. The minimum Gasteiger partial charge on any atom is -0.383 e. The Morgan fingerprint density at radius 3 is 2.71 bits per heavy atom. The van der Waals surface area contributed by atoms with Crippen LogP contribution in [0.4, 0.5) is 5.82 Å². The first-order chi connectivity index (χ1) is 13.7. The summed E-state index contributed by atoms with van der Waals surface area (Å²) in [6, 6.07) is 14.6. The lowest BCUT2D eigenvalue weighted by atomic mass is 10.1. The van der Waals surface area contributed by atoms with Gasteiger partial charge in [0, 0.05) is 53.0 Å². The normalized spacial score (nSPS) is 15.1. The number of aromatic nitrogens is 1. The average Bonchev–Trinajstić information content (AvgIpc) is 3.14. The summed E-state index contributed by atoms with van der Waals surface area (Å²) in [6.45, 7) is 3.75. The number of pyridine rings is 1. The summed E-state index contributed by atoms with van der Waals surface area (Å²) in [5, 5.41) is 3.62. The van der Waals surface area contributed by atoms with E-state index in [9.17, 15) is 4.79 Å². The van der Waals surface area contributed by atoms with E-state index in [-0.39, 0.29) is 11.9 Å². The summed E-state index contributed by atoms with van der Waals surface area (Å²) >= 11 is 0. The van der Waals surface area contributed by atoms with Crippen LogP contribution in [0.2, 0.25) is 0 Å². The zero-order valence-corrected chi connectivity index (χ0v) is 16.8. The second kappa shape index (κ2) is 10.2. The van der Waals surface area contributed by atoms with Gasteiger partial charge in [-0.15, -0.1) is 0 Å². The van der Waals surface area contributed by atoms with Gasteiger partial charge in [-0.05, 0) is 23.6 Å². The van der Waals surface area contributed by atoms with E-state index in [0.29, 0.717) is 26.1 Å². The highest BCUT2D eigenvalue weighted by molar-refractivity contribution is 5.78. The van der Waals surface area contributed by atoms with E-state index in [4.69, 9.17) is 4.74 Å². The van der Waals surface area contributed by atoms with E-state index in [2.05, 4.69) is 33.4 Å². The highest BCUT2D eigenvalue weighted by atomic mass is 16.5. The van der Waals surface area contributed by atoms with Crippen LogP contribution in [0, 0.1) is 0 Å². The Kier molecular flexibility index (Phi) is 7.39. The molecule has 150 valence electrons. The van der Waals surface area contributed by atoms with Gasteiger partial charge in [-0.3, -0.25) is 4.79 Å². The molecule has 0 saturated carbocycles. The third kappa shape index (κ3) is 5.53. The Morgan fingerprint density at radius 1 is 1.25 bits per heavy atom. The fourth-order valence-electron chi connectivity index (χ4n) is 3.42. The fourth-order valence-corrected chi connectivity index (χ4v) is 3.42. The van der Waals surface area contributed by atoms with Crippen LogP contribution in [0.1, 0.15) is 30.0 Å². The molecule has 1 fully saturated rings. The van der Waals surface area contributed by atoms with Gasteiger partial charge in [-0.1, -0.05) is 36.4 Å². The minimum absolute atomic E-state index is 0.104. The standard InChI is InChI=1S/C22H30N4O2/c1-25(13-14-28-2)21-11-10-18(16-24-21)15-23-20(19-7-4-3-5-8-19)17-26-12-6-9-22(26)27/h3-5,7-8,10-11,16,20,23H,6,9,12-15,17H2,1-2H3. The SMILES string of the molecule is COCCN(C)c1ccc(CNC(CN2CCCC2=O)c2ccccc2)cn1. The van der Waals surface area contributed by atoms with Crippen molar-refractivity contribution < 1.29 is 9.53 Å². The van der Waals surface area contributed by atoms with Gasteiger partial charge in [-0.25, -0.2) is 4.98 Å². The molecule has 6 heteroatoms. The first-order valence-corrected chi connectivity index (χ1v) is 9.88. The van der Waals surface area contributed by atoms with Crippen LogP contribution in [0.15, 0.2) is 48.7 Å². The van der Waals surface area contributed by atoms with Crippen molar-refractivity contribution >= 4 is 11.7 Å². The Labute approximate surface area is 167 Å². The highest BCUT2D eigenvalue weighted by Crippen LogP contribution is 2.19. The fraction of sp³-hybridized carbons (Fsp3) is 0.455. The predicted molar refractivity (Wildman–Crippen MR) is 111 cm³/mol. The lowest BCUT2D eigenvalue weighted by molar-refractivity contribution is -0.128. The molecule has 1 aromatic carbocycles. The van der Waals surface area contributed by atoms with Crippen molar-refractivity contribution in [1.29, 1.82) is 0 Å². The molecular formula is C22H30N4O2. The molecule has 1 aliphatic heterocycles. The molecule has 1 unspecified atom stereocenters. The number of likely N-dealkylation sites (tertiary alicyclic amines) is 1. The Hall–Kier alpha value is -2.44. The number of hydrogen-bond acceptors (Lipinski definition) is 5. The molecule has 1 atom stereocenters. The molecule has 0 bridgehead atoms. The monoisotopic (exact) mass is 382 g/mol. The van der Waals surface area contributed by atoms with E-state index < -0.39 is 0 Å². The van der Waals surface area contributed by atoms with Crippen LogP contribution in [-0.2, 0) is 16.1 Å². The third-order valence-corrected chi connectivity index (χ3v) is 5.16. The molecule has 0 radical (unpaired) electrons. The number of likely N-dealkylation sites (N-methyl/N-ethyl adjacent to an activating group) is 1. The molecule has 2 heterocycles. The van der Waals surface area contributed by atoms with Crippen LogP contribution >= 0.6 is 0 Å². The Morgan fingerprint density at radius 2 is 2.07 bits per heavy atom. The van der Waals surface area contributed by atoms with E-state index in [1.54, 1.807) is 7.11 Å². The van der Waals surface area contributed by atoms with Crippen LogP contribution in [0.25, 0.3) is 0 Å². The highest BCUT2D eigenvalue weighted by Gasteiger charge is 2.24. The molecule has 0 aliphatic carbocycles. The average molecular weight is 383 g/mol. The Bertz CT molecular complexity index is 736. The van der Waals surface area contributed by atoms with E-state index in [0.717, 1.165) is 30.9 Å². The van der Waals surface area contributed by atoms with Gasteiger partial charge < -0.3 is 19.9 Å². The first kappa shape index (κ1) is 20.3. The second-order valence-corrected chi connectivity index (χ2v) is 7.23. The molecule has 1 amide bonds. The van der Waals surface area contributed by atoms with E-state index >= 15 is 0 Å². The van der Waals surface area contributed by atoms with Gasteiger partial charge in [0.2, 0.25) is 5.91 Å². The van der Waals surface area contributed by atoms with Crippen LogP contribution in [-0.4, -0.2) is 56.2 Å². The van der Waals surface area contributed by atoms with Crippen molar-refractivity contribution in [2.45, 2.75) is 25.4 Å². The number of benzene rings is 1. The van der Waals surface area contributed by atoms with Gasteiger partial charge >= 0.3 is 0 Å². The summed E-state index contributed by atoms with van der Waals surface area (Å²) in [4.78, 5) is 20.7. The quantitative estimate of drug-likeness (QED) is 0.685. The summed E-state index contributed by atoms with van der Waals surface area (Å²) in [5.41, 5.74) is 2.32. The first-order valence-electron chi connectivity index (χ1n) is 9.88. The van der Waals surface area contributed by atoms with Crippen molar-refractivity contribution in [3.05, 3.63) is 59.8 Å². The van der Waals surface area contributed by atoms with Gasteiger partial charge in [-0.2, -0.15) is 0 Å². The maximum Gasteiger partial charge on any atom is 0.222 e. The largest absolute Gasteiger partial charge is 0.383 e. The molecule has 1 aliphatic rings. The van der Waals surface area contributed by atoms with Crippen molar-refractivity contribution in [3.8, 4) is 0 Å². The molecule has 6 nitrogen and oxygen atoms in total. The maximum atomic E-state index is 12.1. The molecule has 0 spiro atoms. The number of anilines is 1. The topological polar surface area (TPSA) is 57.7 Å². The number of ether oxygens (including phenoxy) is 1. The minimum atomic E-state index is 0.104. The lowest BCUT2D eigenvalue weighted by Crippen LogP contribution is -2.35. The van der Waals surface area contributed by atoms with Crippen LogP contribution in [0.5, 0.6) is 0 Å². The van der Waals surface area contributed by atoms with Crippen LogP contribution in [0.3, 0.4) is 0 Å². The maximum absolute atomic E-state index is 12.1. The van der Waals surface area contributed by atoms with E-state index in [1.165, 1.54) is 5.56 Å². The van der Waals surface area contributed by atoms with E-state index in [1.807, 2.05) is 42.4 Å². The van der Waals surface area contributed by atoms with Gasteiger partial charge in [0.15, 0.2) is 0 Å². The molecule has 28 heavy (non-hydrogen) atoms. The number of carbonyl (C=O) groups excluding carboxylic acids is 1. The molecule has 2 aromatic rings. The molecule has 3 rings (SSSR count). The molecular weight excluding hydrogens is 352 g/mol. The number of methoxy groups -OCH3 is 1. The second-order valence-electron chi connectivity index (χ2n) is 7.23. The summed E-state index contributed by atoms with van der Waals surface area (Å²) in [7, 11) is 3.71. The third-order valence-electron chi connectivity index (χ3n) is 5.16. The van der Waals surface area contributed by atoms with Crippen molar-refractivity contribution in [2.75, 3.05) is 45.3 Å². The summed E-state index contributed by atoms with van der Waals surface area (Å²) < 4.78 is 5.12. The molecule has 1 saturated heterocycles. The zero-order valence-electron chi connectivity index (χ0n) is 16.8. The summed E-state index contributed by atoms with van der Waals surface area (Å²) in [6.07, 6.45) is 3.54. The van der Waals surface area contributed by atoms with Crippen molar-refractivity contribution in [3.63, 3.8) is 0 Å². The number of nitrogens with one attached hydrogen (secondary N) is 1. The van der Waals surface area contributed by atoms with Crippen molar-refractivity contribution in [2.24, 2.45) is 0 Å².